The van der Waals surface area contributed by atoms with Crippen LogP contribution in [0.3, 0.4) is 0 Å². The van der Waals surface area contributed by atoms with Crippen molar-refractivity contribution in [2.24, 2.45) is 0 Å². The molecular weight excluding hydrogens is 507 g/mol. The van der Waals surface area contributed by atoms with Gasteiger partial charge in [-0.25, -0.2) is 9.13 Å². The molecule has 2 nitrogen and oxygen atoms in total. The fourth-order valence-corrected chi connectivity index (χ4v) is 5.11. The van der Waals surface area contributed by atoms with Gasteiger partial charge in [0, 0.05) is 37.1 Å². The summed E-state index contributed by atoms with van der Waals surface area (Å²) in [4.78, 5) is 0. The molecule has 0 aromatic carbocycles. The minimum absolute atomic E-state index is 0. The van der Waals surface area contributed by atoms with Gasteiger partial charge in [0.05, 0.1) is 0 Å². The van der Waals surface area contributed by atoms with E-state index in [1.54, 1.807) is 0 Å². The minimum atomic E-state index is 0. The van der Waals surface area contributed by atoms with Crippen molar-refractivity contribution in [3.8, 4) is 0 Å². The van der Waals surface area contributed by atoms with Crippen molar-refractivity contribution in [2.75, 3.05) is 0 Å². The summed E-state index contributed by atoms with van der Waals surface area (Å²) in [6, 6.07) is 9.28. The van der Waals surface area contributed by atoms with Gasteiger partial charge in [0.2, 0.25) is 0 Å². The van der Waals surface area contributed by atoms with Gasteiger partial charge in [-0.3, -0.25) is 0 Å². The molecule has 0 aliphatic rings. The highest BCUT2D eigenvalue weighted by Gasteiger charge is 2.05. The van der Waals surface area contributed by atoms with Gasteiger partial charge in [-0.15, -0.1) is 0 Å². The van der Waals surface area contributed by atoms with E-state index in [-0.39, 0.29) is 24.8 Å². The van der Waals surface area contributed by atoms with Crippen molar-refractivity contribution in [2.45, 2.75) is 155 Å². The molecule has 0 aliphatic carbocycles. The molecule has 0 amide bonds. The molecule has 38 heavy (non-hydrogen) atoms. The molecular formula is C34H58Cl2N2. The predicted octanol–water partition coefficient (Wildman–Crippen LogP) is 3.12. The van der Waals surface area contributed by atoms with E-state index in [9.17, 15) is 0 Å². The van der Waals surface area contributed by atoms with E-state index < -0.39 is 0 Å². The summed E-state index contributed by atoms with van der Waals surface area (Å²) in [7, 11) is 0. The molecule has 2 rings (SSSR count). The van der Waals surface area contributed by atoms with E-state index in [1.807, 2.05) is 0 Å². The van der Waals surface area contributed by atoms with Crippen LogP contribution in [0.1, 0.15) is 141 Å². The molecule has 0 bridgehead atoms. The molecule has 0 saturated heterocycles. The van der Waals surface area contributed by atoms with Crippen LogP contribution >= 0.6 is 0 Å². The molecule has 0 unspecified atom stereocenters. The number of pyridine rings is 2. The van der Waals surface area contributed by atoms with E-state index >= 15 is 0 Å². The van der Waals surface area contributed by atoms with Crippen LogP contribution in [0.2, 0.25) is 0 Å². The summed E-state index contributed by atoms with van der Waals surface area (Å²) in [6.45, 7) is 6.91. The van der Waals surface area contributed by atoms with Crippen LogP contribution in [0.4, 0.5) is 0 Å². The molecule has 0 radical (unpaired) electrons. The molecule has 0 saturated carbocycles. The molecule has 2 heterocycles. The van der Waals surface area contributed by atoms with Crippen LogP contribution in [0.15, 0.2) is 49.1 Å². The molecule has 0 atom stereocenters. The summed E-state index contributed by atoms with van der Waals surface area (Å²) in [5.41, 5.74) is 2.90. The second kappa shape index (κ2) is 26.1. The summed E-state index contributed by atoms with van der Waals surface area (Å²) >= 11 is 0. The maximum absolute atomic E-state index is 2.36. The fraction of sp³-hybridized carbons (Fsp3) is 0.706. The number of halogens is 2. The van der Waals surface area contributed by atoms with E-state index in [4.69, 9.17) is 0 Å². The van der Waals surface area contributed by atoms with Crippen LogP contribution in [-0.4, -0.2) is 0 Å². The van der Waals surface area contributed by atoms with E-state index in [1.165, 1.54) is 127 Å². The maximum atomic E-state index is 2.36. The quantitative estimate of drug-likeness (QED) is 0.145. The number of aromatic nitrogens is 2. The fourth-order valence-electron chi connectivity index (χ4n) is 5.11. The lowest BCUT2D eigenvalue weighted by Gasteiger charge is -2.03. The lowest BCUT2D eigenvalue weighted by molar-refractivity contribution is -0.697. The first-order valence-corrected chi connectivity index (χ1v) is 15.8. The summed E-state index contributed by atoms with van der Waals surface area (Å²) in [5.74, 6) is 0. The molecule has 2 aromatic heterocycles. The zero-order chi connectivity index (χ0) is 25.5. The third kappa shape index (κ3) is 19.0. The molecule has 0 spiro atoms. The van der Waals surface area contributed by atoms with Gasteiger partial charge in [0.25, 0.3) is 0 Å². The Balaban J connectivity index is 0.00000684. The number of aryl methyl sites for hydroxylation is 4. The highest BCUT2D eigenvalue weighted by atomic mass is 35.5. The van der Waals surface area contributed by atoms with Crippen LogP contribution in [-0.2, 0) is 25.9 Å². The lowest BCUT2D eigenvalue weighted by atomic mass is 10.1. The molecule has 4 heteroatoms. The van der Waals surface area contributed by atoms with Crippen molar-refractivity contribution in [1.29, 1.82) is 0 Å². The molecule has 0 aliphatic heterocycles. The smallest absolute Gasteiger partial charge is 0.169 e. The van der Waals surface area contributed by atoms with Gasteiger partial charge < -0.3 is 24.8 Å². The number of unbranched alkanes of at least 4 members (excludes halogenated alkanes) is 16. The molecule has 0 fully saturated rings. The zero-order valence-corrected chi connectivity index (χ0v) is 26.3. The zero-order valence-electron chi connectivity index (χ0n) is 24.8. The van der Waals surface area contributed by atoms with Gasteiger partial charge in [0.15, 0.2) is 24.8 Å². The second-order valence-corrected chi connectivity index (χ2v) is 11.0. The van der Waals surface area contributed by atoms with Crippen molar-refractivity contribution in [3.63, 3.8) is 0 Å². The first kappa shape index (κ1) is 36.9. The average Bonchev–Trinajstić information content (AvgIpc) is 2.91. The first-order chi connectivity index (χ1) is 17.8. The topological polar surface area (TPSA) is 7.76 Å². The lowest BCUT2D eigenvalue weighted by Crippen LogP contribution is -3.00. The standard InChI is InChI=1S/C34H58N2.2ClH/c1-3-5-7-9-11-13-15-17-19-27-35-29-23-33(24-30-35)21-22-34-25-31-36(32-26-34)28-20-18-16-14-12-10-8-6-4-2;;/h23-26,29-32H,3-22,27-28H2,1-2H3;2*1H/q+2;;/p-2. The Labute approximate surface area is 248 Å². The number of hydrogen-bond donors (Lipinski definition) is 0. The van der Waals surface area contributed by atoms with Crippen molar-refractivity contribution in [3.05, 3.63) is 60.2 Å². The predicted molar refractivity (Wildman–Crippen MR) is 155 cm³/mol. The van der Waals surface area contributed by atoms with Crippen LogP contribution in [0, 0.1) is 0 Å². The Kier molecular flexibility index (Phi) is 25.4. The van der Waals surface area contributed by atoms with Gasteiger partial charge in [0.1, 0.15) is 13.1 Å². The highest BCUT2D eigenvalue weighted by molar-refractivity contribution is 5.13. The Hall–Kier alpha value is -1.12. The third-order valence-corrected chi connectivity index (χ3v) is 7.66. The minimum Gasteiger partial charge on any atom is -1.00 e. The number of hydrogen-bond acceptors (Lipinski definition) is 0. The second-order valence-electron chi connectivity index (χ2n) is 11.0. The number of nitrogens with zero attached hydrogens (tertiary/aromatic N) is 2. The van der Waals surface area contributed by atoms with E-state index in [2.05, 4.69) is 72.0 Å². The molecule has 0 N–H and O–H groups in total. The third-order valence-electron chi connectivity index (χ3n) is 7.66. The highest BCUT2D eigenvalue weighted by Crippen LogP contribution is 2.11. The van der Waals surface area contributed by atoms with E-state index in [0.29, 0.717) is 0 Å². The van der Waals surface area contributed by atoms with Crippen molar-refractivity contribution < 1.29 is 33.9 Å². The number of rotatable bonds is 23. The Bertz CT molecular complexity index is 681. The maximum Gasteiger partial charge on any atom is 0.169 e. The summed E-state index contributed by atoms with van der Waals surface area (Å²) in [6.07, 6.45) is 36.5. The SMILES string of the molecule is CCCCCCCCCCC[n+]1ccc(CCc2cc[n+](CCCCCCCCCCC)cc2)cc1.[Cl-].[Cl-]. The van der Waals surface area contributed by atoms with Crippen LogP contribution in [0.25, 0.3) is 0 Å². The van der Waals surface area contributed by atoms with Gasteiger partial charge in [-0.1, -0.05) is 104 Å². The Morgan fingerprint density at radius 1 is 0.395 bits per heavy atom. The summed E-state index contributed by atoms with van der Waals surface area (Å²) < 4.78 is 4.73. The monoisotopic (exact) mass is 564 g/mol. The normalized spacial score (nSPS) is 10.7. The van der Waals surface area contributed by atoms with E-state index in [0.717, 1.165) is 25.9 Å². The Morgan fingerprint density at radius 3 is 0.947 bits per heavy atom. The summed E-state index contributed by atoms with van der Waals surface area (Å²) in [5, 5.41) is 0. The van der Waals surface area contributed by atoms with Gasteiger partial charge in [-0.05, 0) is 36.8 Å². The van der Waals surface area contributed by atoms with Crippen molar-refractivity contribution in [1.82, 2.24) is 0 Å². The van der Waals surface area contributed by atoms with Crippen LogP contribution < -0.4 is 33.9 Å². The largest absolute Gasteiger partial charge is 1.00 e. The molecule has 2 aromatic rings. The molecule has 218 valence electrons. The van der Waals surface area contributed by atoms with Crippen LogP contribution in [0.5, 0.6) is 0 Å². The van der Waals surface area contributed by atoms with Crippen molar-refractivity contribution >= 4 is 0 Å². The Morgan fingerprint density at radius 2 is 0.658 bits per heavy atom. The van der Waals surface area contributed by atoms with Gasteiger partial charge >= 0.3 is 0 Å². The first-order valence-electron chi connectivity index (χ1n) is 15.8. The average molecular weight is 566 g/mol. The van der Waals surface area contributed by atoms with Gasteiger partial charge in [-0.2, -0.15) is 0 Å².